The molecule has 2 rings (SSSR count). The van der Waals surface area contributed by atoms with Crippen molar-refractivity contribution >= 4 is 23.3 Å². The smallest absolute Gasteiger partial charge is 0.319 e. The summed E-state index contributed by atoms with van der Waals surface area (Å²) in [4.78, 5) is 11.9. The van der Waals surface area contributed by atoms with Crippen LogP contribution in [0.2, 0.25) is 5.02 Å². The van der Waals surface area contributed by atoms with Gasteiger partial charge in [0.05, 0.1) is 11.6 Å². The van der Waals surface area contributed by atoms with E-state index >= 15 is 0 Å². The van der Waals surface area contributed by atoms with E-state index in [0.29, 0.717) is 29.6 Å². The summed E-state index contributed by atoms with van der Waals surface area (Å²) in [6.07, 6.45) is 0.891. The molecule has 2 aromatic carbocycles. The Hall–Kier alpha value is -2.27. The number of rotatable bonds is 6. The van der Waals surface area contributed by atoms with Gasteiger partial charge in [-0.05, 0) is 42.3 Å². The van der Waals surface area contributed by atoms with Crippen LogP contribution in [0.3, 0.4) is 0 Å². The van der Waals surface area contributed by atoms with Crippen LogP contribution in [-0.4, -0.2) is 12.6 Å². The summed E-state index contributed by atoms with van der Waals surface area (Å²) in [5, 5.41) is 5.81. The first-order valence-corrected chi connectivity index (χ1v) is 7.68. The first-order valence-electron chi connectivity index (χ1n) is 7.30. The van der Waals surface area contributed by atoms with Crippen LogP contribution < -0.4 is 15.4 Å². The van der Waals surface area contributed by atoms with Crippen LogP contribution in [0.4, 0.5) is 14.9 Å². The van der Waals surface area contributed by atoms with Crippen molar-refractivity contribution in [3.05, 3.63) is 58.9 Å². The molecule has 6 heteroatoms. The Labute approximate surface area is 139 Å². The molecule has 2 N–H and O–H groups in total. The normalized spacial score (nSPS) is 10.2. The highest BCUT2D eigenvalue weighted by Gasteiger charge is 2.06. The molecule has 0 atom stereocenters. The fourth-order valence-electron chi connectivity index (χ4n) is 1.87. The van der Waals surface area contributed by atoms with E-state index in [0.717, 1.165) is 12.0 Å². The fraction of sp³-hybridized carbons (Fsp3) is 0.235. The molecule has 0 saturated heterocycles. The van der Waals surface area contributed by atoms with Crippen LogP contribution in [0.1, 0.15) is 18.9 Å². The van der Waals surface area contributed by atoms with Crippen LogP contribution in [0.15, 0.2) is 42.5 Å². The zero-order valence-corrected chi connectivity index (χ0v) is 13.5. The molecule has 0 bridgehead atoms. The first-order chi connectivity index (χ1) is 11.1. The number of amides is 2. The molecule has 2 aromatic rings. The lowest BCUT2D eigenvalue weighted by atomic mass is 10.2. The molecule has 2 amide bonds. The topological polar surface area (TPSA) is 50.4 Å². The van der Waals surface area contributed by atoms with Crippen LogP contribution in [0, 0.1) is 5.82 Å². The molecular formula is C17H18ClFN2O2. The largest absolute Gasteiger partial charge is 0.492 e. The van der Waals surface area contributed by atoms with Crippen molar-refractivity contribution in [3.63, 3.8) is 0 Å². The Morgan fingerprint density at radius 2 is 1.96 bits per heavy atom. The molecule has 0 aliphatic heterocycles. The van der Waals surface area contributed by atoms with Crippen molar-refractivity contribution in [2.45, 2.75) is 19.9 Å². The van der Waals surface area contributed by atoms with Gasteiger partial charge in [-0.2, -0.15) is 0 Å². The van der Waals surface area contributed by atoms with Crippen LogP contribution in [-0.2, 0) is 6.54 Å². The minimum absolute atomic E-state index is 0.303. The Bertz CT molecular complexity index is 662. The zero-order valence-electron chi connectivity index (χ0n) is 12.7. The van der Waals surface area contributed by atoms with Gasteiger partial charge in [-0.15, -0.1) is 0 Å². The van der Waals surface area contributed by atoms with Crippen molar-refractivity contribution in [2.75, 3.05) is 11.9 Å². The second-order valence-electron chi connectivity index (χ2n) is 4.93. The highest BCUT2D eigenvalue weighted by Crippen LogP contribution is 2.27. The van der Waals surface area contributed by atoms with Crippen LogP contribution in [0.25, 0.3) is 0 Å². The maximum atomic E-state index is 12.8. The zero-order chi connectivity index (χ0) is 16.7. The minimum atomic E-state index is -0.368. The van der Waals surface area contributed by atoms with Crippen molar-refractivity contribution in [1.29, 1.82) is 0 Å². The molecule has 0 saturated carbocycles. The molecule has 23 heavy (non-hydrogen) atoms. The molecule has 0 fully saturated rings. The number of nitrogens with one attached hydrogen (secondary N) is 2. The Morgan fingerprint density at radius 3 is 2.61 bits per heavy atom. The Balaban J connectivity index is 1.87. The lowest BCUT2D eigenvalue weighted by Crippen LogP contribution is -2.28. The summed E-state index contributed by atoms with van der Waals surface area (Å²) in [6, 6.07) is 10.6. The standard InChI is InChI=1S/C17H18ClFN2O2/c1-2-9-23-16-8-7-14(10-15(16)18)21-17(22)20-11-12-3-5-13(19)6-4-12/h3-8,10H,2,9,11H2,1H3,(H2,20,21,22). The van der Waals surface area contributed by atoms with E-state index in [-0.39, 0.29) is 11.8 Å². The highest BCUT2D eigenvalue weighted by molar-refractivity contribution is 6.32. The summed E-state index contributed by atoms with van der Waals surface area (Å²) >= 11 is 6.10. The lowest BCUT2D eigenvalue weighted by Gasteiger charge is -2.10. The number of halogens is 2. The molecule has 0 heterocycles. The number of anilines is 1. The van der Waals surface area contributed by atoms with E-state index in [9.17, 15) is 9.18 Å². The van der Waals surface area contributed by atoms with Gasteiger partial charge in [0.15, 0.2) is 0 Å². The van der Waals surface area contributed by atoms with Crippen molar-refractivity contribution in [3.8, 4) is 5.75 Å². The third-order valence-corrected chi connectivity index (χ3v) is 3.31. The number of hydrogen-bond donors (Lipinski definition) is 2. The van der Waals surface area contributed by atoms with Crippen molar-refractivity contribution in [2.24, 2.45) is 0 Å². The van der Waals surface area contributed by atoms with E-state index in [1.807, 2.05) is 6.92 Å². The summed E-state index contributed by atoms with van der Waals surface area (Å²) < 4.78 is 18.3. The fourth-order valence-corrected chi connectivity index (χ4v) is 2.10. The van der Waals surface area contributed by atoms with Gasteiger partial charge in [0.2, 0.25) is 0 Å². The molecule has 0 spiro atoms. The lowest BCUT2D eigenvalue weighted by molar-refractivity contribution is 0.251. The monoisotopic (exact) mass is 336 g/mol. The average molecular weight is 337 g/mol. The molecule has 0 radical (unpaired) electrons. The molecule has 122 valence electrons. The van der Waals surface area contributed by atoms with Gasteiger partial charge in [0.25, 0.3) is 0 Å². The summed E-state index contributed by atoms with van der Waals surface area (Å²) in [6.45, 7) is 2.90. The summed E-state index contributed by atoms with van der Waals surface area (Å²) in [7, 11) is 0. The third kappa shape index (κ3) is 5.45. The van der Waals surface area contributed by atoms with Gasteiger partial charge < -0.3 is 15.4 Å². The molecular weight excluding hydrogens is 319 g/mol. The van der Waals surface area contributed by atoms with Crippen LogP contribution >= 0.6 is 11.6 Å². The molecule has 0 aliphatic rings. The predicted octanol–water partition coefficient (Wildman–Crippen LogP) is 4.59. The maximum Gasteiger partial charge on any atom is 0.319 e. The van der Waals surface area contributed by atoms with Gasteiger partial charge in [-0.3, -0.25) is 0 Å². The van der Waals surface area contributed by atoms with E-state index in [2.05, 4.69) is 10.6 Å². The van der Waals surface area contributed by atoms with E-state index in [1.54, 1.807) is 30.3 Å². The van der Waals surface area contributed by atoms with Gasteiger partial charge in [-0.1, -0.05) is 30.7 Å². The first kappa shape index (κ1) is 17.1. The number of carbonyl (C=O) groups is 1. The van der Waals surface area contributed by atoms with Crippen LogP contribution in [0.5, 0.6) is 5.75 Å². The summed E-state index contributed by atoms with van der Waals surface area (Å²) in [5.41, 5.74) is 1.37. The molecule has 4 nitrogen and oxygen atoms in total. The van der Waals surface area contributed by atoms with Gasteiger partial charge in [-0.25, -0.2) is 9.18 Å². The molecule has 0 unspecified atom stereocenters. The predicted molar refractivity (Wildman–Crippen MR) is 89.5 cm³/mol. The number of benzene rings is 2. The van der Waals surface area contributed by atoms with Gasteiger partial charge >= 0.3 is 6.03 Å². The number of urea groups is 1. The minimum Gasteiger partial charge on any atom is -0.492 e. The number of carbonyl (C=O) groups excluding carboxylic acids is 1. The van der Waals surface area contributed by atoms with Gasteiger partial charge in [0, 0.05) is 12.2 Å². The van der Waals surface area contributed by atoms with E-state index in [4.69, 9.17) is 16.3 Å². The maximum absolute atomic E-state index is 12.8. The molecule has 0 aliphatic carbocycles. The quantitative estimate of drug-likeness (QED) is 0.810. The molecule has 0 aromatic heterocycles. The highest BCUT2D eigenvalue weighted by atomic mass is 35.5. The van der Waals surface area contributed by atoms with E-state index < -0.39 is 0 Å². The number of ether oxygens (including phenoxy) is 1. The van der Waals surface area contributed by atoms with Crippen molar-refractivity contribution in [1.82, 2.24) is 5.32 Å². The number of hydrogen-bond acceptors (Lipinski definition) is 2. The summed E-state index contributed by atoms with van der Waals surface area (Å²) in [5.74, 6) is 0.281. The van der Waals surface area contributed by atoms with E-state index in [1.165, 1.54) is 12.1 Å². The Morgan fingerprint density at radius 1 is 1.22 bits per heavy atom. The third-order valence-electron chi connectivity index (χ3n) is 3.02. The second kappa shape index (κ2) is 8.39. The Kier molecular flexibility index (Phi) is 6.23. The van der Waals surface area contributed by atoms with Crippen molar-refractivity contribution < 1.29 is 13.9 Å². The SMILES string of the molecule is CCCOc1ccc(NC(=O)NCc2ccc(F)cc2)cc1Cl. The van der Waals surface area contributed by atoms with Gasteiger partial charge in [0.1, 0.15) is 11.6 Å². The second-order valence-corrected chi connectivity index (χ2v) is 5.34. The average Bonchev–Trinajstić information content (AvgIpc) is 2.53.